The number of aromatic nitrogens is 3. The summed E-state index contributed by atoms with van der Waals surface area (Å²) in [6, 6.07) is 5.85. The van der Waals surface area contributed by atoms with E-state index in [4.69, 9.17) is 5.11 Å². The van der Waals surface area contributed by atoms with E-state index in [0.29, 0.717) is 13.0 Å². The molecule has 0 fully saturated rings. The molecule has 0 saturated heterocycles. The standard InChI is InChI=1S/C15H18F3N5O/c1-10(9-24)21-14-22-12(15(16,17)18)8-13(23-14)20-7-5-11-4-2-3-6-19-11/h2-4,6,8,10,24H,5,7,9H2,1H3,(H2,20,21,22,23)/t10-/m1/s1. The first-order chi connectivity index (χ1) is 11.4. The molecule has 6 nitrogen and oxygen atoms in total. The lowest BCUT2D eigenvalue weighted by atomic mass is 10.2. The summed E-state index contributed by atoms with van der Waals surface area (Å²) in [5.41, 5.74) is -0.229. The van der Waals surface area contributed by atoms with Gasteiger partial charge in [-0.05, 0) is 19.1 Å². The van der Waals surface area contributed by atoms with Crippen LogP contribution in [-0.2, 0) is 12.6 Å². The van der Waals surface area contributed by atoms with Gasteiger partial charge >= 0.3 is 6.18 Å². The smallest absolute Gasteiger partial charge is 0.394 e. The normalized spacial score (nSPS) is 12.7. The molecule has 1 atom stereocenters. The van der Waals surface area contributed by atoms with Gasteiger partial charge in [0.05, 0.1) is 6.61 Å². The van der Waals surface area contributed by atoms with Crippen molar-refractivity contribution in [2.45, 2.75) is 25.6 Å². The fourth-order valence-corrected chi connectivity index (χ4v) is 1.88. The fraction of sp³-hybridized carbons (Fsp3) is 0.400. The summed E-state index contributed by atoms with van der Waals surface area (Å²) in [6.45, 7) is 1.74. The molecule has 0 bridgehead atoms. The maximum absolute atomic E-state index is 12.9. The van der Waals surface area contributed by atoms with Gasteiger partial charge in [0.15, 0.2) is 5.69 Å². The minimum Gasteiger partial charge on any atom is -0.394 e. The largest absolute Gasteiger partial charge is 0.433 e. The van der Waals surface area contributed by atoms with Crippen molar-refractivity contribution in [3.8, 4) is 0 Å². The average molecular weight is 341 g/mol. The maximum atomic E-state index is 12.9. The molecule has 130 valence electrons. The second-order valence-electron chi connectivity index (χ2n) is 5.19. The molecule has 2 heterocycles. The molecule has 0 aliphatic carbocycles. The van der Waals surface area contributed by atoms with Crippen LogP contribution in [0.3, 0.4) is 0 Å². The second kappa shape index (κ2) is 7.91. The highest BCUT2D eigenvalue weighted by molar-refractivity contribution is 5.43. The van der Waals surface area contributed by atoms with E-state index in [-0.39, 0.29) is 18.4 Å². The Kier molecular flexibility index (Phi) is 5.91. The van der Waals surface area contributed by atoms with E-state index < -0.39 is 17.9 Å². The van der Waals surface area contributed by atoms with Crippen LogP contribution in [0.15, 0.2) is 30.5 Å². The van der Waals surface area contributed by atoms with E-state index >= 15 is 0 Å². The molecule has 0 amide bonds. The number of hydrogen-bond acceptors (Lipinski definition) is 6. The summed E-state index contributed by atoms with van der Waals surface area (Å²) in [5, 5.41) is 14.5. The number of pyridine rings is 1. The van der Waals surface area contributed by atoms with Crippen LogP contribution in [0.4, 0.5) is 24.9 Å². The quantitative estimate of drug-likeness (QED) is 0.717. The number of nitrogens with zero attached hydrogens (tertiary/aromatic N) is 3. The Morgan fingerprint density at radius 2 is 2.04 bits per heavy atom. The van der Waals surface area contributed by atoms with Crippen LogP contribution < -0.4 is 10.6 Å². The van der Waals surface area contributed by atoms with Crippen molar-refractivity contribution in [1.82, 2.24) is 15.0 Å². The van der Waals surface area contributed by atoms with Gasteiger partial charge in [0, 0.05) is 37.0 Å². The lowest BCUT2D eigenvalue weighted by Crippen LogP contribution is -2.23. The Labute approximate surface area is 137 Å². The molecule has 0 unspecified atom stereocenters. The minimum absolute atomic E-state index is 0.0564. The summed E-state index contributed by atoms with van der Waals surface area (Å²) in [7, 11) is 0. The number of hydrogen-bond donors (Lipinski definition) is 3. The Bertz CT molecular complexity index is 651. The van der Waals surface area contributed by atoms with Crippen molar-refractivity contribution in [1.29, 1.82) is 0 Å². The first-order valence-electron chi connectivity index (χ1n) is 7.36. The first kappa shape index (κ1) is 17.9. The molecule has 0 aromatic carbocycles. The van der Waals surface area contributed by atoms with E-state index in [2.05, 4.69) is 25.6 Å². The summed E-state index contributed by atoms with van der Waals surface area (Å²) in [4.78, 5) is 11.6. The number of aliphatic hydroxyl groups excluding tert-OH is 1. The molecule has 0 aliphatic rings. The van der Waals surface area contributed by atoms with Gasteiger partial charge in [-0.15, -0.1) is 0 Å². The number of rotatable bonds is 7. The molecule has 0 aliphatic heterocycles. The summed E-state index contributed by atoms with van der Waals surface area (Å²) in [6.07, 6.45) is -2.39. The number of alkyl halides is 3. The molecule has 0 spiro atoms. The zero-order valence-corrected chi connectivity index (χ0v) is 13.0. The Morgan fingerprint density at radius 3 is 2.67 bits per heavy atom. The van der Waals surface area contributed by atoms with E-state index in [9.17, 15) is 13.2 Å². The van der Waals surface area contributed by atoms with Crippen molar-refractivity contribution >= 4 is 11.8 Å². The van der Waals surface area contributed by atoms with Gasteiger partial charge in [-0.3, -0.25) is 4.98 Å². The second-order valence-corrected chi connectivity index (χ2v) is 5.19. The lowest BCUT2D eigenvalue weighted by Gasteiger charge is -2.15. The van der Waals surface area contributed by atoms with Crippen molar-refractivity contribution < 1.29 is 18.3 Å². The van der Waals surface area contributed by atoms with Gasteiger partial charge in [-0.25, -0.2) is 4.98 Å². The van der Waals surface area contributed by atoms with Crippen LogP contribution in [0.5, 0.6) is 0 Å². The van der Waals surface area contributed by atoms with Crippen LogP contribution in [0, 0.1) is 0 Å². The van der Waals surface area contributed by atoms with Gasteiger partial charge in [-0.2, -0.15) is 18.2 Å². The highest BCUT2D eigenvalue weighted by Crippen LogP contribution is 2.29. The van der Waals surface area contributed by atoms with Crippen LogP contribution in [0.2, 0.25) is 0 Å². The van der Waals surface area contributed by atoms with Gasteiger partial charge in [-0.1, -0.05) is 6.07 Å². The van der Waals surface area contributed by atoms with Gasteiger partial charge < -0.3 is 15.7 Å². The third-order valence-corrected chi connectivity index (χ3v) is 3.08. The van der Waals surface area contributed by atoms with Crippen LogP contribution >= 0.6 is 0 Å². The van der Waals surface area contributed by atoms with E-state index in [1.807, 2.05) is 12.1 Å². The Balaban J connectivity index is 2.10. The summed E-state index contributed by atoms with van der Waals surface area (Å²) < 4.78 is 38.8. The summed E-state index contributed by atoms with van der Waals surface area (Å²) >= 11 is 0. The van der Waals surface area contributed by atoms with Gasteiger partial charge in [0.25, 0.3) is 0 Å². The molecule has 2 aromatic rings. The molecule has 9 heteroatoms. The van der Waals surface area contributed by atoms with Crippen molar-refractivity contribution in [2.75, 3.05) is 23.8 Å². The Morgan fingerprint density at radius 1 is 1.25 bits per heavy atom. The average Bonchev–Trinajstić information content (AvgIpc) is 2.55. The van der Waals surface area contributed by atoms with Crippen LogP contribution in [-0.4, -0.2) is 39.3 Å². The van der Waals surface area contributed by atoms with E-state index in [1.54, 1.807) is 19.2 Å². The molecule has 0 saturated carbocycles. The molecule has 2 rings (SSSR count). The highest BCUT2D eigenvalue weighted by Gasteiger charge is 2.33. The maximum Gasteiger partial charge on any atom is 0.433 e. The highest BCUT2D eigenvalue weighted by atomic mass is 19.4. The monoisotopic (exact) mass is 341 g/mol. The van der Waals surface area contributed by atoms with Crippen molar-refractivity contribution in [3.05, 3.63) is 41.9 Å². The zero-order valence-electron chi connectivity index (χ0n) is 13.0. The van der Waals surface area contributed by atoms with Gasteiger partial charge in [0.2, 0.25) is 5.95 Å². The van der Waals surface area contributed by atoms with Crippen molar-refractivity contribution in [2.24, 2.45) is 0 Å². The third kappa shape index (κ3) is 5.34. The fourth-order valence-electron chi connectivity index (χ4n) is 1.88. The number of anilines is 2. The topological polar surface area (TPSA) is 83.0 Å². The predicted octanol–water partition coefficient (Wildman–Crippen LogP) is 2.34. The first-order valence-corrected chi connectivity index (χ1v) is 7.36. The van der Waals surface area contributed by atoms with Crippen LogP contribution in [0.25, 0.3) is 0 Å². The number of halogens is 3. The zero-order chi connectivity index (χ0) is 17.6. The summed E-state index contributed by atoms with van der Waals surface area (Å²) in [5.74, 6) is -0.132. The van der Waals surface area contributed by atoms with E-state index in [1.165, 1.54) is 0 Å². The molecule has 3 N–H and O–H groups in total. The number of aliphatic hydroxyl groups is 1. The molecule has 2 aromatic heterocycles. The SMILES string of the molecule is C[C@H](CO)Nc1nc(NCCc2ccccn2)cc(C(F)(F)F)n1. The molecular weight excluding hydrogens is 323 g/mol. The lowest BCUT2D eigenvalue weighted by molar-refractivity contribution is -0.141. The Hall–Kier alpha value is -2.42. The molecule has 24 heavy (non-hydrogen) atoms. The van der Waals surface area contributed by atoms with E-state index in [0.717, 1.165) is 11.8 Å². The van der Waals surface area contributed by atoms with Crippen LogP contribution in [0.1, 0.15) is 18.3 Å². The predicted molar refractivity (Wildman–Crippen MR) is 83.6 cm³/mol. The van der Waals surface area contributed by atoms with Gasteiger partial charge in [0.1, 0.15) is 5.82 Å². The third-order valence-electron chi connectivity index (χ3n) is 3.08. The van der Waals surface area contributed by atoms with Crippen molar-refractivity contribution in [3.63, 3.8) is 0 Å². The molecular formula is C15H18F3N5O. The number of nitrogens with one attached hydrogen (secondary N) is 2. The minimum atomic E-state index is -4.58. The molecule has 0 radical (unpaired) electrons.